The lowest BCUT2D eigenvalue weighted by Crippen LogP contribution is -2.35. The molecule has 0 spiro atoms. The molecule has 0 aromatic carbocycles. The Morgan fingerprint density at radius 3 is 2.95 bits per heavy atom. The molecule has 0 radical (unpaired) electrons. The minimum absolute atomic E-state index is 0.526. The number of nitrogens with zero attached hydrogens (tertiary/aromatic N) is 4. The summed E-state index contributed by atoms with van der Waals surface area (Å²) in [5, 5.41) is 2.07. The normalized spacial score (nSPS) is 24.2. The number of aromatic nitrogens is 2. The van der Waals surface area contributed by atoms with Crippen molar-refractivity contribution in [1.82, 2.24) is 14.3 Å². The highest BCUT2D eigenvalue weighted by molar-refractivity contribution is 7.15. The summed E-state index contributed by atoms with van der Waals surface area (Å²) < 4.78 is 2.14. The van der Waals surface area contributed by atoms with Crippen molar-refractivity contribution in [3.05, 3.63) is 17.3 Å². The lowest BCUT2D eigenvalue weighted by Gasteiger charge is -2.23. The number of halogens is 1. The zero-order valence-electron chi connectivity index (χ0n) is 11.5. The number of likely N-dealkylation sites (tertiary alicyclic amines) is 1. The zero-order chi connectivity index (χ0) is 13.5. The summed E-state index contributed by atoms with van der Waals surface area (Å²) in [7, 11) is 0. The van der Waals surface area contributed by atoms with Gasteiger partial charge >= 0.3 is 0 Å². The molecule has 0 bridgehead atoms. The van der Waals surface area contributed by atoms with Crippen LogP contribution in [0.2, 0.25) is 0 Å². The van der Waals surface area contributed by atoms with Crippen LogP contribution in [0.3, 0.4) is 0 Å². The Morgan fingerprint density at radius 1 is 1.30 bits per heavy atom. The molecule has 0 N–H and O–H groups in total. The molecule has 2 aliphatic heterocycles. The molecule has 108 valence electrons. The summed E-state index contributed by atoms with van der Waals surface area (Å²) in [5.41, 5.74) is 1.14. The van der Waals surface area contributed by atoms with Crippen LogP contribution in [0.5, 0.6) is 0 Å². The molecule has 4 nitrogen and oxygen atoms in total. The van der Waals surface area contributed by atoms with Crippen LogP contribution in [0.4, 0.5) is 5.82 Å². The van der Waals surface area contributed by atoms with Gasteiger partial charge in [0.15, 0.2) is 10.8 Å². The number of hydrogen-bond acceptors (Lipinski definition) is 4. The third-order valence-electron chi connectivity index (χ3n) is 4.59. The first-order chi connectivity index (χ1) is 9.86. The quantitative estimate of drug-likeness (QED) is 0.815. The minimum atomic E-state index is 0.526. The predicted molar refractivity (Wildman–Crippen MR) is 84.1 cm³/mol. The van der Waals surface area contributed by atoms with Gasteiger partial charge in [-0.15, -0.1) is 22.9 Å². The molecule has 2 saturated heterocycles. The number of alkyl halides is 1. The van der Waals surface area contributed by atoms with E-state index in [2.05, 4.69) is 25.8 Å². The Kier molecular flexibility index (Phi) is 3.36. The van der Waals surface area contributed by atoms with Gasteiger partial charge in [0.05, 0.1) is 11.6 Å². The smallest absolute Gasteiger partial charge is 0.195 e. The average molecular weight is 311 g/mol. The molecule has 2 aromatic heterocycles. The van der Waals surface area contributed by atoms with Crippen molar-refractivity contribution in [2.75, 3.05) is 31.1 Å². The number of thiazole rings is 1. The number of rotatable bonds is 3. The van der Waals surface area contributed by atoms with Gasteiger partial charge in [-0.05, 0) is 32.4 Å². The van der Waals surface area contributed by atoms with Crippen LogP contribution in [-0.2, 0) is 5.88 Å². The highest BCUT2D eigenvalue weighted by Crippen LogP contribution is 2.30. The summed E-state index contributed by atoms with van der Waals surface area (Å²) in [6.45, 7) is 4.77. The fourth-order valence-corrected chi connectivity index (χ4v) is 4.51. The van der Waals surface area contributed by atoms with Gasteiger partial charge in [-0.2, -0.15) is 0 Å². The molecule has 20 heavy (non-hydrogen) atoms. The number of imidazole rings is 1. The molecular formula is C14H19ClN4S. The molecule has 1 atom stereocenters. The highest BCUT2D eigenvalue weighted by atomic mass is 35.5. The van der Waals surface area contributed by atoms with E-state index in [0.29, 0.717) is 11.9 Å². The molecule has 4 rings (SSSR count). The van der Waals surface area contributed by atoms with Gasteiger partial charge < -0.3 is 4.90 Å². The van der Waals surface area contributed by atoms with E-state index >= 15 is 0 Å². The van der Waals surface area contributed by atoms with Crippen LogP contribution in [0, 0.1) is 0 Å². The van der Waals surface area contributed by atoms with Crippen molar-refractivity contribution in [2.24, 2.45) is 0 Å². The van der Waals surface area contributed by atoms with Crippen molar-refractivity contribution < 1.29 is 0 Å². The van der Waals surface area contributed by atoms with E-state index in [4.69, 9.17) is 16.6 Å². The maximum Gasteiger partial charge on any atom is 0.195 e. The molecule has 2 fully saturated rings. The van der Waals surface area contributed by atoms with E-state index in [0.717, 1.165) is 29.6 Å². The Morgan fingerprint density at radius 2 is 2.15 bits per heavy atom. The van der Waals surface area contributed by atoms with Crippen LogP contribution >= 0.6 is 22.9 Å². The number of hydrogen-bond donors (Lipinski definition) is 0. The van der Waals surface area contributed by atoms with E-state index in [1.54, 1.807) is 11.3 Å². The second-order valence-electron chi connectivity index (χ2n) is 5.70. The van der Waals surface area contributed by atoms with E-state index in [1.807, 2.05) is 0 Å². The fraction of sp³-hybridized carbons (Fsp3) is 0.643. The molecule has 0 saturated carbocycles. The van der Waals surface area contributed by atoms with Gasteiger partial charge in [0.1, 0.15) is 0 Å². The van der Waals surface area contributed by atoms with E-state index in [9.17, 15) is 0 Å². The molecule has 0 amide bonds. The average Bonchev–Trinajstić information content (AvgIpc) is 3.21. The minimum Gasteiger partial charge on any atom is -0.353 e. The first kappa shape index (κ1) is 12.9. The molecular weight excluding hydrogens is 292 g/mol. The Balaban J connectivity index is 1.58. The fourth-order valence-electron chi connectivity index (χ4n) is 3.54. The first-order valence-corrected chi connectivity index (χ1v) is 8.77. The molecule has 0 aliphatic carbocycles. The molecule has 2 aromatic rings. The second kappa shape index (κ2) is 5.20. The van der Waals surface area contributed by atoms with Crippen molar-refractivity contribution in [2.45, 2.75) is 31.2 Å². The van der Waals surface area contributed by atoms with Crippen molar-refractivity contribution >= 4 is 33.7 Å². The molecule has 6 heteroatoms. The predicted octanol–water partition coefficient (Wildman–Crippen LogP) is 2.81. The van der Waals surface area contributed by atoms with Gasteiger partial charge in [0.2, 0.25) is 0 Å². The largest absolute Gasteiger partial charge is 0.353 e. The first-order valence-electron chi connectivity index (χ1n) is 7.36. The van der Waals surface area contributed by atoms with Crippen molar-refractivity contribution in [3.63, 3.8) is 0 Å². The lowest BCUT2D eigenvalue weighted by molar-refractivity contribution is 0.260. The number of fused-ring (bicyclic) bond motifs is 1. The zero-order valence-corrected chi connectivity index (χ0v) is 13.0. The molecule has 4 heterocycles. The maximum absolute atomic E-state index is 6.16. The van der Waals surface area contributed by atoms with Crippen molar-refractivity contribution in [1.29, 1.82) is 0 Å². The monoisotopic (exact) mass is 310 g/mol. The van der Waals surface area contributed by atoms with E-state index in [-0.39, 0.29) is 0 Å². The van der Waals surface area contributed by atoms with Gasteiger partial charge in [-0.25, -0.2) is 4.98 Å². The second-order valence-corrected chi connectivity index (χ2v) is 6.84. The Labute approximate surface area is 128 Å². The summed E-state index contributed by atoms with van der Waals surface area (Å²) >= 11 is 7.84. The van der Waals surface area contributed by atoms with Crippen LogP contribution in [0.25, 0.3) is 4.96 Å². The van der Waals surface area contributed by atoms with Gasteiger partial charge in [0.25, 0.3) is 0 Å². The third kappa shape index (κ3) is 2.03. The SMILES string of the molecule is ClCc1c(N2CCC(N3CCCC3)C2)nc2sccn12. The molecule has 1 unspecified atom stereocenters. The number of anilines is 1. The summed E-state index contributed by atoms with van der Waals surface area (Å²) in [4.78, 5) is 10.9. The summed E-state index contributed by atoms with van der Waals surface area (Å²) in [6, 6.07) is 0.709. The van der Waals surface area contributed by atoms with Gasteiger partial charge in [-0.3, -0.25) is 9.30 Å². The molecule has 2 aliphatic rings. The van der Waals surface area contributed by atoms with Crippen molar-refractivity contribution in [3.8, 4) is 0 Å². The standard InChI is InChI=1S/C14H19ClN4S/c15-9-12-13(16-14-19(12)7-8-20-14)18-6-3-11(10-18)17-4-1-2-5-17/h7-8,11H,1-6,9-10H2. The lowest BCUT2D eigenvalue weighted by atomic mass is 10.2. The summed E-state index contributed by atoms with van der Waals surface area (Å²) in [6.07, 6.45) is 6.06. The Hall–Kier alpha value is -0.780. The van der Waals surface area contributed by atoms with Gasteiger partial charge in [0, 0.05) is 30.7 Å². The summed E-state index contributed by atoms with van der Waals surface area (Å²) in [5.74, 6) is 1.63. The van der Waals surface area contributed by atoms with Gasteiger partial charge in [-0.1, -0.05) is 0 Å². The highest BCUT2D eigenvalue weighted by Gasteiger charge is 2.31. The Bertz CT molecular complexity index is 601. The van der Waals surface area contributed by atoms with Crippen LogP contribution in [-0.4, -0.2) is 46.5 Å². The van der Waals surface area contributed by atoms with Crippen LogP contribution in [0.1, 0.15) is 25.0 Å². The topological polar surface area (TPSA) is 23.8 Å². The van der Waals surface area contributed by atoms with E-state index < -0.39 is 0 Å². The van der Waals surface area contributed by atoms with E-state index in [1.165, 1.54) is 32.4 Å². The maximum atomic E-state index is 6.16. The third-order valence-corrected chi connectivity index (χ3v) is 5.60. The van der Waals surface area contributed by atoms with Crippen LogP contribution < -0.4 is 4.90 Å². The van der Waals surface area contributed by atoms with Crippen LogP contribution in [0.15, 0.2) is 11.6 Å².